The number of hydrogen-bond acceptors (Lipinski definition) is 6. The summed E-state index contributed by atoms with van der Waals surface area (Å²) in [5.41, 5.74) is 0. The second-order valence-corrected chi connectivity index (χ2v) is 13.1. The Kier molecular flexibility index (Phi) is 5.35. The third-order valence-corrected chi connectivity index (χ3v) is 10.1. The van der Waals surface area contributed by atoms with Crippen molar-refractivity contribution < 1.29 is 28.3 Å². The maximum absolute atomic E-state index is 12.3. The Labute approximate surface area is 150 Å². The molecule has 0 aromatic heterocycles. The van der Waals surface area contributed by atoms with Crippen LogP contribution in [0.4, 0.5) is 4.79 Å². The van der Waals surface area contributed by atoms with Crippen LogP contribution in [0.5, 0.6) is 0 Å². The van der Waals surface area contributed by atoms with Crippen LogP contribution in [0, 0.1) is 0 Å². The van der Waals surface area contributed by atoms with Crippen molar-refractivity contribution >= 4 is 26.2 Å². The van der Waals surface area contributed by atoms with E-state index < -0.39 is 44.7 Å². The average Bonchev–Trinajstić information content (AvgIpc) is 2.63. The largest absolute Gasteiger partial charge is 0.458 e. The van der Waals surface area contributed by atoms with E-state index in [0.717, 1.165) is 0 Å². The van der Waals surface area contributed by atoms with Gasteiger partial charge in [-0.15, -0.1) is 0 Å². The van der Waals surface area contributed by atoms with Gasteiger partial charge in [0.15, 0.2) is 8.32 Å². The highest BCUT2D eigenvalue weighted by Crippen LogP contribution is 2.44. The molecule has 0 saturated carbocycles. The van der Waals surface area contributed by atoms with E-state index >= 15 is 0 Å². The summed E-state index contributed by atoms with van der Waals surface area (Å²) >= 11 is 0. The molecule has 0 aromatic rings. The predicted molar refractivity (Wildman–Crippen MR) is 93.7 cm³/mol. The molecule has 0 spiro atoms. The summed E-state index contributed by atoms with van der Waals surface area (Å²) in [6.45, 7) is 11.9. The lowest BCUT2D eigenvalue weighted by molar-refractivity contribution is -0.151. The van der Waals surface area contributed by atoms with Crippen LogP contribution in [-0.2, 0) is 23.5 Å². The number of esters is 1. The molecule has 2 rings (SSSR count). The first kappa shape index (κ1) is 19.9. The quantitative estimate of drug-likeness (QED) is 0.560. The number of rotatable bonds is 3. The highest BCUT2D eigenvalue weighted by molar-refractivity contribution is 6.74. The molecule has 25 heavy (non-hydrogen) atoms. The molecule has 142 valence electrons. The molecule has 0 N–H and O–H groups in total. The fraction of sp³-hybridized carbons (Fsp3) is 0.824. The number of methoxy groups -OCH3 is 1. The van der Waals surface area contributed by atoms with Gasteiger partial charge in [-0.25, -0.2) is 4.79 Å². The minimum atomic E-state index is -2.20. The van der Waals surface area contributed by atoms with Crippen LogP contribution in [0.25, 0.3) is 0 Å². The lowest BCUT2D eigenvalue weighted by atomic mass is 10.0. The molecule has 4 atom stereocenters. The number of Topliss-reactive ketones (excluding diaryl/α,β-unsaturated/α-hetero) is 1. The van der Waals surface area contributed by atoms with E-state index in [1.807, 2.05) is 0 Å². The Hall–Kier alpha value is -1.41. The van der Waals surface area contributed by atoms with Crippen molar-refractivity contribution in [1.82, 2.24) is 4.90 Å². The maximum Gasteiger partial charge on any atom is 0.410 e. The molecule has 0 aliphatic carbocycles. The van der Waals surface area contributed by atoms with Gasteiger partial charge >= 0.3 is 12.1 Å². The van der Waals surface area contributed by atoms with E-state index in [1.54, 1.807) is 0 Å². The molecule has 2 saturated heterocycles. The van der Waals surface area contributed by atoms with Crippen molar-refractivity contribution in [3.8, 4) is 0 Å². The Morgan fingerprint density at radius 3 is 2.08 bits per heavy atom. The SMILES string of the molecule is COC(=O)N1[C@@H]2CC(=O)C[C@H]1[C@H](O[Si](C)(C)C(C)(C)C)[C@@H]2OC(C)=O. The number of amides is 1. The van der Waals surface area contributed by atoms with Crippen molar-refractivity contribution in [3.63, 3.8) is 0 Å². The van der Waals surface area contributed by atoms with E-state index in [2.05, 4.69) is 33.9 Å². The number of piperidine rings is 1. The fourth-order valence-electron chi connectivity index (χ4n) is 3.36. The van der Waals surface area contributed by atoms with Gasteiger partial charge in [0.05, 0.1) is 19.2 Å². The molecule has 2 aliphatic heterocycles. The van der Waals surface area contributed by atoms with Crippen molar-refractivity contribution in [2.45, 2.75) is 83.0 Å². The monoisotopic (exact) mass is 371 g/mol. The summed E-state index contributed by atoms with van der Waals surface area (Å²) in [7, 11) is -0.892. The fourth-order valence-corrected chi connectivity index (χ4v) is 4.68. The Bertz CT molecular complexity index is 570. The number of nitrogens with zero attached hydrogens (tertiary/aromatic N) is 1. The van der Waals surface area contributed by atoms with E-state index in [1.165, 1.54) is 18.9 Å². The molecule has 0 unspecified atom stereocenters. The topological polar surface area (TPSA) is 82.1 Å². The number of ketones is 1. The normalized spacial score (nSPS) is 29.6. The number of fused-ring (bicyclic) bond motifs is 2. The molecule has 8 heteroatoms. The average molecular weight is 372 g/mol. The third-order valence-electron chi connectivity index (χ3n) is 5.59. The summed E-state index contributed by atoms with van der Waals surface area (Å²) in [6, 6.07) is -0.991. The van der Waals surface area contributed by atoms with Crippen LogP contribution in [0.3, 0.4) is 0 Å². The summed E-state index contributed by atoms with van der Waals surface area (Å²) in [4.78, 5) is 37.6. The van der Waals surface area contributed by atoms with Gasteiger partial charge in [-0.3, -0.25) is 14.5 Å². The summed E-state index contributed by atoms with van der Waals surface area (Å²) in [5.74, 6) is -0.396. The Balaban J connectivity index is 2.41. The van der Waals surface area contributed by atoms with E-state index in [-0.39, 0.29) is 23.7 Å². The van der Waals surface area contributed by atoms with Crippen LogP contribution in [-0.4, -0.2) is 62.5 Å². The summed E-state index contributed by atoms with van der Waals surface area (Å²) in [6.07, 6.45) is -1.33. The third kappa shape index (κ3) is 3.74. The highest BCUT2D eigenvalue weighted by atomic mass is 28.4. The number of carbonyl (C=O) groups is 3. The van der Waals surface area contributed by atoms with Crippen LogP contribution >= 0.6 is 0 Å². The standard InChI is InChI=1S/C17H29NO6Si/c1-10(19)23-14-12-8-11(20)9-13(18(12)16(21)22-5)15(14)24-25(6,7)17(2,3)4/h12-15H,8-9H2,1-7H3/t12-,13+,14-,15+/m1/s1. The molecule has 0 aromatic carbocycles. The van der Waals surface area contributed by atoms with Crippen LogP contribution in [0.15, 0.2) is 0 Å². The lowest BCUT2D eigenvalue weighted by Crippen LogP contribution is -2.51. The molecule has 2 heterocycles. The molecule has 1 amide bonds. The number of carbonyl (C=O) groups excluding carboxylic acids is 3. The van der Waals surface area contributed by atoms with E-state index in [9.17, 15) is 14.4 Å². The van der Waals surface area contributed by atoms with Crippen molar-refractivity contribution in [2.24, 2.45) is 0 Å². The van der Waals surface area contributed by atoms with Gasteiger partial charge in [0.1, 0.15) is 18.0 Å². The molecular formula is C17H29NO6Si. The van der Waals surface area contributed by atoms with E-state index in [4.69, 9.17) is 13.9 Å². The van der Waals surface area contributed by atoms with Gasteiger partial charge in [0, 0.05) is 19.8 Å². The van der Waals surface area contributed by atoms with Gasteiger partial charge in [0.2, 0.25) is 0 Å². The van der Waals surface area contributed by atoms with Gasteiger partial charge in [0.25, 0.3) is 0 Å². The van der Waals surface area contributed by atoms with Crippen LogP contribution < -0.4 is 0 Å². The Morgan fingerprint density at radius 1 is 1.12 bits per heavy atom. The molecule has 0 radical (unpaired) electrons. The summed E-state index contributed by atoms with van der Waals surface area (Å²) in [5, 5.41) is -0.0510. The molecule has 2 aliphatic rings. The highest BCUT2D eigenvalue weighted by Gasteiger charge is 2.59. The van der Waals surface area contributed by atoms with Gasteiger partial charge in [-0.1, -0.05) is 20.8 Å². The smallest absolute Gasteiger partial charge is 0.410 e. The Morgan fingerprint density at radius 2 is 1.64 bits per heavy atom. The second-order valence-electron chi connectivity index (χ2n) is 8.38. The zero-order valence-corrected chi connectivity index (χ0v) is 17.1. The molecular weight excluding hydrogens is 342 g/mol. The van der Waals surface area contributed by atoms with Gasteiger partial charge < -0.3 is 13.9 Å². The first-order chi connectivity index (χ1) is 11.4. The van der Waals surface area contributed by atoms with Gasteiger partial charge in [-0.2, -0.15) is 0 Å². The molecule has 7 nitrogen and oxygen atoms in total. The summed E-state index contributed by atoms with van der Waals surface area (Å²) < 4.78 is 16.9. The zero-order valence-electron chi connectivity index (χ0n) is 16.1. The number of hydrogen-bond donors (Lipinski definition) is 0. The van der Waals surface area contributed by atoms with Crippen molar-refractivity contribution in [1.29, 1.82) is 0 Å². The van der Waals surface area contributed by atoms with Crippen molar-refractivity contribution in [2.75, 3.05) is 7.11 Å². The van der Waals surface area contributed by atoms with Crippen molar-refractivity contribution in [3.05, 3.63) is 0 Å². The first-order valence-corrected chi connectivity index (χ1v) is 11.5. The predicted octanol–water partition coefficient (Wildman–Crippen LogP) is 2.49. The first-order valence-electron chi connectivity index (χ1n) is 8.62. The lowest BCUT2D eigenvalue weighted by Gasteiger charge is -2.40. The van der Waals surface area contributed by atoms with E-state index in [0.29, 0.717) is 0 Å². The minimum absolute atomic E-state index is 0.0497. The van der Waals surface area contributed by atoms with Gasteiger partial charge in [-0.05, 0) is 18.1 Å². The zero-order chi connectivity index (χ0) is 19.2. The minimum Gasteiger partial charge on any atom is -0.458 e. The molecule has 2 fully saturated rings. The van der Waals surface area contributed by atoms with Crippen LogP contribution in [0.1, 0.15) is 40.5 Å². The number of ether oxygens (including phenoxy) is 2. The second kappa shape index (κ2) is 6.72. The van der Waals surface area contributed by atoms with Crippen LogP contribution in [0.2, 0.25) is 18.1 Å². The molecule has 2 bridgehead atoms. The maximum atomic E-state index is 12.3.